The van der Waals surface area contributed by atoms with Crippen LogP contribution in [0.25, 0.3) is 0 Å². The number of ketones is 1. The lowest BCUT2D eigenvalue weighted by Crippen LogP contribution is -2.19. The molecule has 2 heterocycles. The number of hydrogen-bond donors (Lipinski definition) is 0. The third-order valence-corrected chi connectivity index (χ3v) is 7.33. The molecule has 33 heavy (non-hydrogen) atoms. The summed E-state index contributed by atoms with van der Waals surface area (Å²) in [4.78, 5) is 24.8. The first-order valence-electron chi connectivity index (χ1n) is 11.1. The highest BCUT2D eigenvalue weighted by molar-refractivity contribution is 7.91. The van der Waals surface area contributed by atoms with Gasteiger partial charge in [-0.15, -0.1) is 0 Å². The quantitative estimate of drug-likeness (QED) is 0.381. The number of aryl methyl sites for hydroxylation is 1. The van der Waals surface area contributed by atoms with Crippen LogP contribution in [-0.4, -0.2) is 50.3 Å². The molecule has 0 bridgehead atoms. The van der Waals surface area contributed by atoms with Gasteiger partial charge in [0.1, 0.15) is 13.2 Å². The SMILES string of the molecule is Cc1cc(C(=O)COC(=O)CCS(=O)(=O)c2ccc3c(c2)OCCO3)c(C)n1CCC(C)C. The van der Waals surface area contributed by atoms with E-state index in [1.807, 2.05) is 13.8 Å². The number of Topliss-reactive ketones (excluding diaryl/α,β-unsaturated/α-hetero) is 1. The Hall–Kier alpha value is -2.81. The van der Waals surface area contributed by atoms with E-state index in [-0.39, 0.29) is 17.1 Å². The van der Waals surface area contributed by atoms with Crippen molar-refractivity contribution in [1.82, 2.24) is 4.57 Å². The molecule has 2 aromatic rings. The van der Waals surface area contributed by atoms with Gasteiger partial charge in [-0.25, -0.2) is 8.42 Å². The van der Waals surface area contributed by atoms with Crippen LogP contribution in [0, 0.1) is 19.8 Å². The lowest BCUT2D eigenvalue weighted by Gasteiger charge is -2.18. The molecule has 0 amide bonds. The number of hydrogen-bond acceptors (Lipinski definition) is 7. The highest BCUT2D eigenvalue weighted by Gasteiger charge is 2.22. The van der Waals surface area contributed by atoms with Crippen molar-refractivity contribution in [1.29, 1.82) is 0 Å². The first-order chi connectivity index (χ1) is 15.6. The number of fused-ring (bicyclic) bond motifs is 1. The Kier molecular flexibility index (Phi) is 7.84. The first kappa shape index (κ1) is 24.8. The molecular weight excluding hydrogens is 446 g/mol. The Labute approximate surface area is 194 Å². The molecular formula is C24H31NO7S. The molecule has 8 nitrogen and oxygen atoms in total. The fourth-order valence-corrected chi connectivity index (χ4v) is 4.90. The largest absolute Gasteiger partial charge is 0.486 e. The summed E-state index contributed by atoms with van der Waals surface area (Å²) < 4.78 is 43.2. The topological polar surface area (TPSA) is 101 Å². The van der Waals surface area contributed by atoms with Gasteiger partial charge in [0.05, 0.1) is 17.1 Å². The number of rotatable bonds is 10. The Morgan fingerprint density at radius 3 is 2.48 bits per heavy atom. The van der Waals surface area contributed by atoms with Crippen molar-refractivity contribution in [2.24, 2.45) is 5.92 Å². The van der Waals surface area contributed by atoms with E-state index < -0.39 is 28.2 Å². The lowest BCUT2D eigenvalue weighted by atomic mass is 10.1. The zero-order chi connectivity index (χ0) is 24.2. The molecule has 0 unspecified atom stereocenters. The number of nitrogens with zero attached hydrogens (tertiary/aromatic N) is 1. The number of aromatic nitrogens is 1. The summed E-state index contributed by atoms with van der Waals surface area (Å²) in [7, 11) is -3.73. The average Bonchev–Trinajstić information content (AvgIpc) is 3.07. The van der Waals surface area contributed by atoms with E-state index in [0.717, 1.165) is 24.4 Å². The minimum atomic E-state index is -3.73. The number of ether oxygens (including phenoxy) is 3. The van der Waals surface area contributed by atoms with E-state index in [1.165, 1.54) is 18.2 Å². The van der Waals surface area contributed by atoms with E-state index in [4.69, 9.17) is 14.2 Å². The van der Waals surface area contributed by atoms with Gasteiger partial charge in [0.25, 0.3) is 0 Å². The van der Waals surface area contributed by atoms with Gasteiger partial charge in [0, 0.05) is 29.6 Å². The Morgan fingerprint density at radius 2 is 1.79 bits per heavy atom. The van der Waals surface area contributed by atoms with Crippen molar-refractivity contribution in [3.05, 3.63) is 41.2 Å². The average molecular weight is 478 g/mol. The van der Waals surface area contributed by atoms with Crippen molar-refractivity contribution in [2.45, 2.75) is 52.0 Å². The van der Waals surface area contributed by atoms with Crippen molar-refractivity contribution in [3.63, 3.8) is 0 Å². The minimum Gasteiger partial charge on any atom is -0.486 e. The highest BCUT2D eigenvalue weighted by Crippen LogP contribution is 2.32. The summed E-state index contributed by atoms with van der Waals surface area (Å²) in [6.45, 7) is 9.27. The van der Waals surface area contributed by atoms with Crippen LogP contribution in [0.2, 0.25) is 0 Å². The van der Waals surface area contributed by atoms with Crippen molar-refractivity contribution in [2.75, 3.05) is 25.6 Å². The van der Waals surface area contributed by atoms with E-state index in [9.17, 15) is 18.0 Å². The Balaban J connectivity index is 1.54. The number of esters is 1. The van der Waals surface area contributed by atoms with Gasteiger partial charge < -0.3 is 18.8 Å². The van der Waals surface area contributed by atoms with Crippen LogP contribution >= 0.6 is 0 Å². The Bertz CT molecular complexity index is 1130. The van der Waals surface area contributed by atoms with E-state index in [0.29, 0.717) is 36.2 Å². The second-order valence-electron chi connectivity index (χ2n) is 8.58. The number of sulfone groups is 1. The molecule has 0 fully saturated rings. The first-order valence-corrected chi connectivity index (χ1v) is 12.7. The monoisotopic (exact) mass is 477 g/mol. The van der Waals surface area contributed by atoms with Gasteiger partial charge in [-0.1, -0.05) is 13.8 Å². The summed E-state index contributed by atoms with van der Waals surface area (Å²) in [5.41, 5.74) is 2.34. The second-order valence-corrected chi connectivity index (χ2v) is 10.7. The Morgan fingerprint density at radius 1 is 1.09 bits per heavy atom. The third-order valence-electron chi connectivity index (χ3n) is 5.62. The maximum Gasteiger partial charge on any atom is 0.307 e. The molecule has 3 rings (SSSR count). The van der Waals surface area contributed by atoms with Crippen LogP contribution < -0.4 is 9.47 Å². The van der Waals surface area contributed by atoms with Gasteiger partial charge in [0.2, 0.25) is 5.78 Å². The molecule has 0 atom stereocenters. The molecule has 0 aliphatic carbocycles. The molecule has 0 spiro atoms. The van der Waals surface area contributed by atoms with Gasteiger partial charge in [-0.05, 0) is 44.4 Å². The predicted molar refractivity (Wildman–Crippen MR) is 123 cm³/mol. The molecule has 1 aromatic heterocycles. The highest BCUT2D eigenvalue weighted by atomic mass is 32.2. The molecule has 9 heteroatoms. The van der Waals surface area contributed by atoms with Crippen LogP contribution in [0.5, 0.6) is 11.5 Å². The molecule has 0 N–H and O–H groups in total. The van der Waals surface area contributed by atoms with Crippen molar-refractivity contribution < 1.29 is 32.2 Å². The van der Waals surface area contributed by atoms with Gasteiger partial charge in [-0.3, -0.25) is 9.59 Å². The predicted octanol–water partition coefficient (Wildman–Crippen LogP) is 3.51. The zero-order valence-corrected chi connectivity index (χ0v) is 20.4. The standard InChI is InChI=1S/C24H31NO7S/c1-16(2)7-9-25-17(3)13-20(18(25)4)21(26)15-32-24(27)8-12-33(28,29)19-5-6-22-23(14-19)31-11-10-30-22/h5-6,13-14,16H,7-12,15H2,1-4H3. The fraction of sp³-hybridized carbons (Fsp3) is 0.500. The molecule has 180 valence electrons. The molecule has 1 aromatic carbocycles. The number of carbonyl (C=O) groups excluding carboxylic acids is 2. The third kappa shape index (κ3) is 6.16. The zero-order valence-electron chi connectivity index (χ0n) is 19.5. The normalized spacial score (nSPS) is 13.2. The van der Waals surface area contributed by atoms with Crippen LogP contribution in [-0.2, 0) is 25.9 Å². The number of benzene rings is 1. The van der Waals surface area contributed by atoms with Crippen LogP contribution in [0.3, 0.4) is 0 Å². The van der Waals surface area contributed by atoms with Crippen molar-refractivity contribution in [3.8, 4) is 11.5 Å². The minimum absolute atomic E-state index is 0.0458. The van der Waals surface area contributed by atoms with E-state index >= 15 is 0 Å². The molecule has 1 aliphatic heterocycles. The summed E-state index contributed by atoms with van der Waals surface area (Å²) in [5.74, 6) is -0.0726. The fourth-order valence-electron chi connectivity index (χ4n) is 3.66. The van der Waals surface area contributed by atoms with Gasteiger partial charge in [-0.2, -0.15) is 0 Å². The maximum absolute atomic E-state index is 12.6. The summed E-state index contributed by atoms with van der Waals surface area (Å²) >= 11 is 0. The van der Waals surface area contributed by atoms with E-state index in [1.54, 1.807) is 6.07 Å². The summed E-state index contributed by atoms with van der Waals surface area (Å²) in [6.07, 6.45) is 0.647. The molecule has 1 aliphatic rings. The summed E-state index contributed by atoms with van der Waals surface area (Å²) in [6, 6.07) is 6.16. The molecule has 0 saturated carbocycles. The van der Waals surface area contributed by atoms with E-state index in [2.05, 4.69) is 18.4 Å². The maximum atomic E-state index is 12.6. The second kappa shape index (κ2) is 10.4. The van der Waals surface area contributed by atoms with Crippen LogP contribution in [0.15, 0.2) is 29.2 Å². The van der Waals surface area contributed by atoms with Crippen LogP contribution in [0.1, 0.15) is 48.4 Å². The smallest absolute Gasteiger partial charge is 0.307 e. The molecule has 0 saturated heterocycles. The number of carbonyl (C=O) groups is 2. The van der Waals surface area contributed by atoms with Gasteiger partial charge >= 0.3 is 5.97 Å². The lowest BCUT2D eigenvalue weighted by molar-refractivity contribution is -0.142. The molecule has 0 radical (unpaired) electrons. The summed E-state index contributed by atoms with van der Waals surface area (Å²) in [5, 5.41) is 0. The van der Waals surface area contributed by atoms with Gasteiger partial charge in [0.15, 0.2) is 27.9 Å². The van der Waals surface area contributed by atoms with Crippen LogP contribution in [0.4, 0.5) is 0 Å². The van der Waals surface area contributed by atoms with Crippen molar-refractivity contribution >= 4 is 21.6 Å².